The van der Waals surface area contributed by atoms with Crippen molar-refractivity contribution in [1.82, 2.24) is 5.32 Å². The van der Waals surface area contributed by atoms with Gasteiger partial charge in [-0.05, 0) is 44.9 Å². The lowest BCUT2D eigenvalue weighted by molar-refractivity contribution is -0.123. The topological polar surface area (TPSA) is 69.6 Å². The molecule has 4 heteroatoms. The van der Waals surface area contributed by atoms with Gasteiger partial charge in [-0.3, -0.25) is 4.79 Å². The minimum Gasteiger partial charge on any atom is -0.394 e. The summed E-state index contributed by atoms with van der Waals surface area (Å²) in [6.45, 7) is 4.27. The first kappa shape index (κ1) is 42.6. The minimum atomic E-state index is -0.865. The lowest BCUT2D eigenvalue weighted by Gasteiger charge is -2.19. The highest BCUT2D eigenvalue weighted by Crippen LogP contribution is 2.13. The maximum Gasteiger partial charge on any atom is 0.220 e. The van der Waals surface area contributed by atoms with Crippen LogP contribution in [0, 0.1) is 0 Å². The molecule has 0 radical (unpaired) electrons. The van der Waals surface area contributed by atoms with Crippen LogP contribution in [0.4, 0.5) is 0 Å². The second kappa shape index (κ2) is 36.1. The average Bonchev–Trinajstić information content (AvgIpc) is 3.03. The van der Waals surface area contributed by atoms with E-state index in [9.17, 15) is 15.0 Å². The summed E-state index contributed by atoms with van der Waals surface area (Å²) in [6, 6.07) is -0.640. The molecule has 0 bridgehead atoms. The van der Waals surface area contributed by atoms with E-state index in [1.54, 1.807) is 6.08 Å². The fraction of sp³-hybridized carbons (Fsp3) is 0.825. The molecule has 2 unspecified atom stereocenters. The number of nitrogens with one attached hydrogen (secondary N) is 1. The third-order valence-corrected chi connectivity index (χ3v) is 8.60. The SMILES string of the molecule is CCCCCCCCCCCCCC/C=C/CC/C=C/CC/C=C/C(O)C(CO)NC(=O)CCCCCCCCCCCC. The van der Waals surface area contributed by atoms with E-state index in [1.165, 1.54) is 135 Å². The molecule has 3 N–H and O–H groups in total. The molecule has 44 heavy (non-hydrogen) atoms. The van der Waals surface area contributed by atoms with Gasteiger partial charge in [0.1, 0.15) is 0 Å². The second-order valence-electron chi connectivity index (χ2n) is 13.0. The quantitative estimate of drug-likeness (QED) is 0.0497. The molecule has 0 fully saturated rings. The van der Waals surface area contributed by atoms with Crippen molar-refractivity contribution in [3.05, 3.63) is 36.5 Å². The Hall–Kier alpha value is -1.39. The molecule has 0 aliphatic carbocycles. The number of carbonyl (C=O) groups excluding carboxylic acids is 1. The number of rotatable bonds is 34. The first-order valence-electron chi connectivity index (χ1n) is 19.2. The summed E-state index contributed by atoms with van der Waals surface area (Å²) in [6.07, 6.45) is 46.7. The molecular weight excluding hydrogens is 542 g/mol. The van der Waals surface area contributed by atoms with Crippen molar-refractivity contribution in [3.8, 4) is 0 Å². The fourth-order valence-corrected chi connectivity index (χ4v) is 5.62. The molecule has 0 aliphatic rings. The Balaban J connectivity index is 3.66. The molecule has 4 nitrogen and oxygen atoms in total. The molecule has 0 aromatic carbocycles. The Kier molecular flexibility index (Phi) is 34.9. The third kappa shape index (κ3) is 32.0. The largest absolute Gasteiger partial charge is 0.394 e. The van der Waals surface area contributed by atoms with Gasteiger partial charge in [-0.15, -0.1) is 0 Å². The van der Waals surface area contributed by atoms with Crippen molar-refractivity contribution in [1.29, 1.82) is 0 Å². The standard InChI is InChI=1S/C40H75NO3/c1-3-5-7-9-11-13-15-16-17-18-19-20-21-22-23-24-25-26-27-29-31-33-35-39(43)38(37-42)41-40(44)36-34-32-30-28-14-12-10-8-6-4-2/h22-23,26-27,33,35,38-39,42-43H,3-21,24-25,28-32,34,36-37H2,1-2H3,(H,41,44)/b23-22+,27-26+,35-33+. The first-order valence-corrected chi connectivity index (χ1v) is 19.2. The molecule has 1 amide bonds. The summed E-state index contributed by atoms with van der Waals surface area (Å²) < 4.78 is 0. The number of amides is 1. The van der Waals surface area contributed by atoms with Crippen LogP contribution in [0.15, 0.2) is 36.5 Å². The smallest absolute Gasteiger partial charge is 0.220 e. The van der Waals surface area contributed by atoms with Crippen molar-refractivity contribution in [2.24, 2.45) is 0 Å². The lowest BCUT2D eigenvalue weighted by atomic mass is 10.0. The molecule has 0 aliphatic heterocycles. The first-order chi connectivity index (χ1) is 21.7. The molecular formula is C40H75NO3. The Bertz CT molecular complexity index is 672. The maximum atomic E-state index is 12.3. The number of aliphatic hydroxyl groups is 2. The van der Waals surface area contributed by atoms with Crippen LogP contribution >= 0.6 is 0 Å². The highest BCUT2D eigenvalue weighted by Gasteiger charge is 2.17. The number of aliphatic hydroxyl groups excluding tert-OH is 2. The van der Waals surface area contributed by atoms with Gasteiger partial charge in [-0.1, -0.05) is 179 Å². The van der Waals surface area contributed by atoms with Gasteiger partial charge < -0.3 is 15.5 Å². The summed E-state index contributed by atoms with van der Waals surface area (Å²) in [5, 5.41) is 22.8. The van der Waals surface area contributed by atoms with E-state index in [2.05, 4.69) is 43.5 Å². The number of allylic oxidation sites excluding steroid dienone is 5. The van der Waals surface area contributed by atoms with Gasteiger partial charge in [0.15, 0.2) is 0 Å². The molecule has 2 atom stereocenters. The summed E-state index contributed by atoms with van der Waals surface area (Å²) in [5.74, 6) is -0.0814. The van der Waals surface area contributed by atoms with Gasteiger partial charge in [0.25, 0.3) is 0 Å². The van der Waals surface area contributed by atoms with Crippen molar-refractivity contribution >= 4 is 5.91 Å². The normalized spacial score (nSPS) is 13.5. The molecule has 0 aromatic heterocycles. The Labute approximate surface area is 274 Å². The van der Waals surface area contributed by atoms with Crippen molar-refractivity contribution in [3.63, 3.8) is 0 Å². The van der Waals surface area contributed by atoms with Crippen LogP contribution in [0.2, 0.25) is 0 Å². The van der Waals surface area contributed by atoms with Crippen LogP contribution < -0.4 is 5.32 Å². The zero-order chi connectivity index (χ0) is 32.2. The van der Waals surface area contributed by atoms with Gasteiger partial charge in [0.05, 0.1) is 18.8 Å². The summed E-state index contributed by atoms with van der Waals surface area (Å²) in [4.78, 5) is 12.3. The van der Waals surface area contributed by atoms with E-state index in [0.717, 1.165) is 38.5 Å². The Morgan fingerprint density at radius 3 is 1.32 bits per heavy atom. The summed E-state index contributed by atoms with van der Waals surface area (Å²) in [5.41, 5.74) is 0. The number of unbranched alkanes of at least 4 members (excludes halogenated alkanes) is 23. The number of hydrogen-bond acceptors (Lipinski definition) is 3. The van der Waals surface area contributed by atoms with Crippen LogP contribution in [0.3, 0.4) is 0 Å². The fourth-order valence-electron chi connectivity index (χ4n) is 5.62. The van der Waals surface area contributed by atoms with E-state index in [1.807, 2.05) is 6.08 Å². The van der Waals surface area contributed by atoms with E-state index >= 15 is 0 Å². The molecule has 0 rings (SSSR count). The molecule has 0 spiro atoms. The predicted octanol–water partition coefficient (Wildman–Crippen LogP) is 11.5. The highest BCUT2D eigenvalue weighted by molar-refractivity contribution is 5.76. The lowest BCUT2D eigenvalue weighted by Crippen LogP contribution is -2.45. The van der Waals surface area contributed by atoms with Crippen LogP contribution in [0.5, 0.6) is 0 Å². The van der Waals surface area contributed by atoms with Crippen LogP contribution in [-0.2, 0) is 4.79 Å². The van der Waals surface area contributed by atoms with Gasteiger partial charge in [0.2, 0.25) is 5.91 Å². The third-order valence-electron chi connectivity index (χ3n) is 8.60. The zero-order valence-corrected chi connectivity index (χ0v) is 29.4. The minimum absolute atomic E-state index is 0.0814. The van der Waals surface area contributed by atoms with Gasteiger partial charge in [0, 0.05) is 6.42 Å². The summed E-state index contributed by atoms with van der Waals surface area (Å²) in [7, 11) is 0. The van der Waals surface area contributed by atoms with E-state index < -0.39 is 12.1 Å². The zero-order valence-electron chi connectivity index (χ0n) is 29.4. The summed E-state index contributed by atoms with van der Waals surface area (Å²) >= 11 is 0. The van der Waals surface area contributed by atoms with Gasteiger partial charge in [-0.2, -0.15) is 0 Å². The number of carbonyl (C=O) groups is 1. The molecule has 0 heterocycles. The Morgan fingerprint density at radius 2 is 0.886 bits per heavy atom. The van der Waals surface area contributed by atoms with Crippen LogP contribution in [-0.4, -0.2) is 34.9 Å². The molecule has 258 valence electrons. The van der Waals surface area contributed by atoms with E-state index in [-0.39, 0.29) is 12.5 Å². The Morgan fingerprint density at radius 1 is 0.523 bits per heavy atom. The van der Waals surface area contributed by atoms with Gasteiger partial charge >= 0.3 is 0 Å². The monoisotopic (exact) mass is 618 g/mol. The molecule has 0 aromatic rings. The van der Waals surface area contributed by atoms with Crippen LogP contribution in [0.25, 0.3) is 0 Å². The van der Waals surface area contributed by atoms with Crippen LogP contribution in [0.1, 0.15) is 194 Å². The molecule has 0 saturated heterocycles. The highest BCUT2D eigenvalue weighted by atomic mass is 16.3. The van der Waals surface area contributed by atoms with Gasteiger partial charge in [-0.25, -0.2) is 0 Å². The van der Waals surface area contributed by atoms with Crippen molar-refractivity contribution in [2.75, 3.05) is 6.61 Å². The van der Waals surface area contributed by atoms with Crippen molar-refractivity contribution in [2.45, 2.75) is 206 Å². The average molecular weight is 618 g/mol. The van der Waals surface area contributed by atoms with E-state index in [0.29, 0.717) is 6.42 Å². The second-order valence-corrected chi connectivity index (χ2v) is 13.0. The number of hydrogen-bond donors (Lipinski definition) is 3. The van der Waals surface area contributed by atoms with Crippen molar-refractivity contribution < 1.29 is 15.0 Å². The van der Waals surface area contributed by atoms with E-state index in [4.69, 9.17) is 0 Å². The maximum absolute atomic E-state index is 12.3. The predicted molar refractivity (Wildman–Crippen MR) is 193 cm³/mol. The molecule has 0 saturated carbocycles.